The molecule has 14 rings (SSSR count). The standard InChI is InChI=1S/C44H44F4O7S/c45-34-29(35(46)37(48)40(36(34)47)56(53,54)55)10-32(49)33-30(42-11-21-4-24(15-42)38(50)25(5-21)16-42)8-28(44-13-19-1-20(14-44)3-23(2-19)41(44)52)9-31(33)43-12-22-6-26(17-43)39(51)27(7-22)18-43/h8-9,19-27H,1-7,10-18H2,(H,53,54,55). The minimum Gasteiger partial charge on any atom is -0.299 e. The Labute approximate surface area is 322 Å². The van der Waals surface area contributed by atoms with E-state index in [1.807, 2.05) is 12.1 Å². The maximum absolute atomic E-state index is 15.7. The number of hydrogen-bond donors (Lipinski definition) is 1. The number of rotatable bonds is 7. The second kappa shape index (κ2) is 11.5. The summed E-state index contributed by atoms with van der Waals surface area (Å²) < 4.78 is 94.8. The summed E-state index contributed by atoms with van der Waals surface area (Å²) in [6.45, 7) is 0. The van der Waals surface area contributed by atoms with E-state index < -0.39 is 72.3 Å². The molecule has 12 saturated carbocycles. The lowest BCUT2D eigenvalue weighted by molar-refractivity contribution is -0.143. The molecular formula is C44H44F4O7S. The molecule has 7 nitrogen and oxygen atoms in total. The number of carbonyl (C=O) groups is 4. The molecule has 0 amide bonds. The van der Waals surface area contributed by atoms with E-state index in [1.54, 1.807) is 0 Å². The van der Waals surface area contributed by atoms with E-state index in [9.17, 15) is 27.4 Å². The quantitative estimate of drug-likeness (QED) is 0.131. The van der Waals surface area contributed by atoms with Gasteiger partial charge in [0.2, 0.25) is 0 Å². The maximum Gasteiger partial charge on any atom is 0.300 e. The third kappa shape index (κ3) is 4.74. The summed E-state index contributed by atoms with van der Waals surface area (Å²) in [5.41, 5.74) is -0.972. The Bertz CT molecular complexity index is 2180. The van der Waals surface area contributed by atoms with Crippen molar-refractivity contribution in [1.82, 2.24) is 0 Å². The third-order valence-corrected chi connectivity index (χ3v) is 17.9. The van der Waals surface area contributed by atoms with Crippen LogP contribution in [0.25, 0.3) is 0 Å². The van der Waals surface area contributed by atoms with Crippen LogP contribution >= 0.6 is 0 Å². The summed E-state index contributed by atoms with van der Waals surface area (Å²) in [6.07, 6.45) is 9.49. The molecule has 12 fully saturated rings. The molecule has 6 atom stereocenters. The van der Waals surface area contributed by atoms with Crippen LogP contribution in [0.1, 0.15) is 129 Å². The molecule has 0 radical (unpaired) electrons. The zero-order valence-electron chi connectivity index (χ0n) is 31.0. The monoisotopic (exact) mass is 792 g/mol. The van der Waals surface area contributed by atoms with Crippen LogP contribution in [0.3, 0.4) is 0 Å². The highest BCUT2D eigenvalue weighted by molar-refractivity contribution is 7.85. The number of hydrogen-bond acceptors (Lipinski definition) is 6. The summed E-state index contributed by atoms with van der Waals surface area (Å²) in [5.74, 6) is -8.51. The van der Waals surface area contributed by atoms with E-state index in [4.69, 9.17) is 0 Å². The minimum absolute atomic E-state index is 0.0368. The van der Waals surface area contributed by atoms with Crippen LogP contribution in [0.5, 0.6) is 0 Å². The molecule has 12 heteroatoms. The molecule has 56 heavy (non-hydrogen) atoms. The molecule has 0 aliphatic heterocycles. The Kier molecular flexibility index (Phi) is 7.35. The van der Waals surface area contributed by atoms with Crippen LogP contribution in [-0.2, 0) is 47.2 Å². The van der Waals surface area contributed by atoms with Gasteiger partial charge in [-0.2, -0.15) is 8.42 Å². The normalized spacial score (nSPS) is 41.4. The third-order valence-electron chi connectivity index (χ3n) is 17.0. The summed E-state index contributed by atoms with van der Waals surface area (Å²) in [5, 5.41) is 0. The van der Waals surface area contributed by atoms with Gasteiger partial charge in [-0.25, -0.2) is 17.6 Å². The van der Waals surface area contributed by atoms with E-state index in [2.05, 4.69) is 0 Å². The summed E-state index contributed by atoms with van der Waals surface area (Å²) in [7, 11) is -5.71. The fourth-order valence-electron chi connectivity index (χ4n) is 15.6. The van der Waals surface area contributed by atoms with E-state index >= 15 is 22.4 Å². The van der Waals surface area contributed by atoms with Gasteiger partial charge < -0.3 is 0 Å². The summed E-state index contributed by atoms with van der Waals surface area (Å²) in [4.78, 5) is 54.8. The van der Waals surface area contributed by atoms with E-state index in [-0.39, 0.29) is 64.3 Å². The lowest BCUT2D eigenvalue weighted by Gasteiger charge is -2.59. The van der Waals surface area contributed by atoms with Gasteiger partial charge in [0.05, 0.1) is 5.41 Å². The SMILES string of the molecule is O=C(Cc1c(F)c(F)c(S(=O)(=O)O)c(F)c1F)c1c(C23CC4CC(C2)C(=O)C(C4)C3)cc(C23CC4CC(CC(C4)C2=O)C3)cc1C12CC3CC(C1)C(=O)C(C3)C2. The summed E-state index contributed by atoms with van der Waals surface area (Å²) >= 11 is 0. The Morgan fingerprint density at radius 1 is 0.607 bits per heavy atom. The molecule has 2 aromatic rings. The van der Waals surface area contributed by atoms with Gasteiger partial charge >= 0.3 is 10.1 Å². The molecule has 12 aliphatic rings. The van der Waals surface area contributed by atoms with Crippen molar-refractivity contribution in [2.45, 2.75) is 124 Å². The van der Waals surface area contributed by atoms with Crippen molar-refractivity contribution in [2.75, 3.05) is 0 Å². The second-order valence-electron chi connectivity index (χ2n) is 20.1. The van der Waals surface area contributed by atoms with E-state index in [0.717, 1.165) is 50.5 Å². The van der Waals surface area contributed by atoms with Crippen LogP contribution in [0.2, 0.25) is 0 Å². The lowest BCUT2D eigenvalue weighted by Crippen LogP contribution is -2.57. The highest BCUT2D eigenvalue weighted by Crippen LogP contribution is 2.65. The molecule has 2 aromatic carbocycles. The van der Waals surface area contributed by atoms with E-state index in [0.29, 0.717) is 74.3 Å². The predicted octanol–water partition coefficient (Wildman–Crippen LogP) is 7.86. The van der Waals surface area contributed by atoms with Gasteiger partial charge in [0.25, 0.3) is 0 Å². The van der Waals surface area contributed by atoms with Crippen molar-refractivity contribution in [2.24, 2.45) is 53.3 Å². The van der Waals surface area contributed by atoms with E-state index in [1.165, 1.54) is 0 Å². The molecule has 12 aliphatic carbocycles. The fraction of sp³-hybridized carbons (Fsp3) is 0.636. The molecule has 296 valence electrons. The van der Waals surface area contributed by atoms with Crippen LogP contribution in [0, 0.1) is 76.5 Å². The van der Waals surface area contributed by atoms with Gasteiger partial charge in [0.15, 0.2) is 33.9 Å². The first kappa shape index (κ1) is 35.9. The Balaban J connectivity index is 1.16. The number of Topliss-reactive ketones (excluding diaryl/α,β-unsaturated/α-hetero) is 4. The van der Waals surface area contributed by atoms with Gasteiger partial charge in [-0.3, -0.25) is 23.7 Å². The molecule has 0 saturated heterocycles. The van der Waals surface area contributed by atoms with Crippen LogP contribution in [0.15, 0.2) is 17.0 Å². The zero-order valence-corrected chi connectivity index (χ0v) is 31.8. The molecule has 6 unspecified atom stereocenters. The number of ketones is 4. The van der Waals surface area contributed by atoms with Gasteiger partial charge in [-0.05, 0) is 148 Å². The van der Waals surface area contributed by atoms with Gasteiger partial charge in [-0.15, -0.1) is 0 Å². The lowest BCUT2D eigenvalue weighted by atomic mass is 9.43. The molecule has 0 heterocycles. The fourth-order valence-corrected chi connectivity index (χ4v) is 16.3. The van der Waals surface area contributed by atoms with Crippen molar-refractivity contribution in [3.63, 3.8) is 0 Å². The first-order chi connectivity index (χ1) is 26.5. The number of carbonyl (C=O) groups excluding carboxylic acids is 4. The van der Waals surface area contributed by atoms with Gasteiger partial charge in [0, 0.05) is 47.1 Å². The topological polar surface area (TPSA) is 123 Å². The smallest absolute Gasteiger partial charge is 0.299 e. The average Bonchev–Trinajstić information content (AvgIpc) is 3.13. The zero-order chi connectivity index (χ0) is 39.0. The summed E-state index contributed by atoms with van der Waals surface area (Å²) in [6, 6.07) is 4.03. The molecular weight excluding hydrogens is 749 g/mol. The minimum atomic E-state index is -5.71. The molecule has 0 aromatic heterocycles. The number of halogens is 4. The Morgan fingerprint density at radius 3 is 1.45 bits per heavy atom. The van der Waals surface area contributed by atoms with Crippen molar-refractivity contribution >= 4 is 33.3 Å². The maximum atomic E-state index is 15.7. The highest BCUT2D eigenvalue weighted by Gasteiger charge is 2.62. The van der Waals surface area contributed by atoms with Crippen molar-refractivity contribution in [1.29, 1.82) is 0 Å². The van der Waals surface area contributed by atoms with Gasteiger partial charge in [0.1, 0.15) is 17.3 Å². The van der Waals surface area contributed by atoms with Crippen molar-refractivity contribution in [3.8, 4) is 0 Å². The first-order valence-electron chi connectivity index (χ1n) is 20.7. The van der Waals surface area contributed by atoms with Gasteiger partial charge in [-0.1, -0.05) is 12.1 Å². The van der Waals surface area contributed by atoms with Crippen LogP contribution in [-0.4, -0.2) is 36.1 Å². The van der Waals surface area contributed by atoms with Crippen molar-refractivity contribution in [3.05, 3.63) is 63.2 Å². The second-order valence-corrected chi connectivity index (χ2v) is 21.5. The average molecular weight is 793 g/mol. The predicted molar refractivity (Wildman–Crippen MR) is 191 cm³/mol. The first-order valence-corrected chi connectivity index (χ1v) is 22.1. The Morgan fingerprint density at radius 2 is 1.02 bits per heavy atom. The Hall–Kier alpha value is -3.25. The molecule has 12 bridgehead atoms. The largest absolute Gasteiger partial charge is 0.300 e. The van der Waals surface area contributed by atoms with Crippen LogP contribution < -0.4 is 0 Å². The number of benzene rings is 2. The molecule has 0 spiro atoms. The van der Waals surface area contributed by atoms with Crippen molar-refractivity contribution < 1.29 is 49.7 Å². The van der Waals surface area contributed by atoms with Crippen LogP contribution in [0.4, 0.5) is 17.6 Å². The highest BCUT2D eigenvalue weighted by atomic mass is 32.2. The molecule has 1 N–H and O–H groups in total.